The van der Waals surface area contributed by atoms with Crippen molar-refractivity contribution in [3.05, 3.63) is 59.2 Å². The van der Waals surface area contributed by atoms with Crippen molar-refractivity contribution in [1.82, 2.24) is 9.62 Å². The van der Waals surface area contributed by atoms with E-state index in [0.29, 0.717) is 37.0 Å². The zero-order valence-electron chi connectivity index (χ0n) is 20.6. The predicted octanol–water partition coefficient (Wildman–Crippen LogP) is 4.58. The number of amides is 1. The number of carbonyl (C=O) groups excluding carboxylic acids is 1. The van der Waals surface area contributed by atoms with Crippen LogP contribution in [-0.2, 0) is 16.6 Å². The van der Waals surface area contributed by atoms with Crippen molar-refractivity contribution in [3.63, 3.8) is 0 Å². The molecule has 0 spiro atoms. The van der Waals surface area contributed by atoms with E-state index in [1.807, 2.05) is 37.3 Å². The molecule has 2 aliphatic rings. The third-order valence-corrected chi connectivity index (χ3v) is 9.17. The Bertz CT molecular complexity index is 1120. The number of nitrogens with one attached hydrogen (secondary N) is 1. The molecule has 0 bridgehead atoms. The normalized spacial score (nSPS) is 18.7. The van der Waals surface area contributed by atoms with Crippen LogP contribution >= 0.6 is 0 Å². The second-order valence-electron chi connectivity index (χ2n) is 10.1. The van der Waals surface area contributed by atoms with E-state index in [0.717, 1.165) is 55.6 Å². The Hall–Kier alpha value is -2.38. The summed E-state index contributed by atoms with van der Waals surface area (Å²) in [5, 5.41) is 2.95. The number of nitrogens with zero attached hydrogens (tertiary/aromatic N) is 2. The summed E-state index contributed by atoms with van der Waals surface area (Å²) in [7, 11) is -3.70. The van der Waals surface area contributed by atoms with Crippen LogP contribution in [0.25, 0.3) is 0 Å². The average Bonchev–Trinajstić information content (AvgIpc) is 2.83. The van der Waals surface area contributed by atoms with Crippen molar-refractivity contribution >= 4 is 21.6 Å². The molecule has 7 heteroatoms. The van der Waals surface area contributed by atoms with Gasteiger partial charge in [0.15, 0.2) is 0 Å². The maximum absolute atomic E-state index is 13.8. The zero-order valence-corrected chi connectivity index (χ0v) is 21.4. The van der Waals surface area contributed by atoms with E-state index in [2.05, 4.69) is 24.1 Å². The Morgan fingerprint density at radius 3 is 2.24 bits per heavy atom. The molecule has 0 saturated carbocycles. The van der Waals surface area contributed by atoms with Crippen LogP contribution in [0.4, 0.5) is 5.69 Å². The van der Waals surface area contributed by atoms with Gasteiger partial charge in [0.05, 0.1) is 5.69 Å². The van der Waals surface area contributed by atoms with E-state index in [1.165, 1.54) is 0 Å². The molecule has 2 aromatic rings. The molecule has 0 atom stereocenters. The summed E-state index contributed by atoms with van der Waals surface area (Å²) in [6.07, 6.45) is 3.82. The minimum absolute atomic E-state index is 0.260. The number of carbonyl (C=O) groups is 1. The van der Waals surface area contributed by atoms with Crippen LogP contribution < -0.4 is 10.2 Å². The first-order valence-corrected chi connectivity index (χ1v) is 13.9. The molecule has 2 saturated heterocycles. The number of piperidine rings is 2. The van der Waals surface area contributed by atoms with E-state index in [1.54, 1.807) is 16.4 Å². The highest BCUT2D eigenvalue weighted by molar-refractivity contribution is 7.89. The van der Waals surface area contributed by atoms with Crippen molar-refractivity contribution in [2.45, 2.75) is 57.9 Å². The summed E-state index contributed by atoms with van der Waals surface area (Å²) in [5.41, 5.74) is 3.25. The van der Waals surface area contributed by atoms with Gasteiger partial charge in [-0.15, -0.1) is 0 Å². The molecule has 0 radical (unpaired) electrons. The Morgan fingerprint density at radius 2 is 1.59 bits per heavy atom. The van der Waals surface area contributed by atoms with Gasteiger partial charge in [-0.2, -0.15) is 4.31 Å². The van der Waals surface area contributed by atoms with E-state index in [4.69, 9.17) is 0 Å². The van der Waals surface area contributed by atoms with Gasteiger partial charge in [-0.3, -0.25) is 4.79 Å². The Kier molecular flexibility index (Phi) is 7.63. The number of benzene rings is 2. The van der Waals surface area contributed by atoms with E-state index < -0.39 is 10.0 Å². The highest BCUT2D eigenvalue weighted by atomic mass is 32.2. The van der Waals surface area contributed by atoms with Crippen molar-refractivity contribution in [1.29, 1.82) is 0 Å². The lowest BCUT2D eigenvalue weighted by molar-refractivity contribution is 0.0950. The molecule has 2 fully saturated rings. The van der Waals surface area contributed by atoms with Crippen LogP contribution in [-0.4, -0.2) is 44.8 Å². The number of hydrogen-bond acceptors (Lipinski definition) is 4. The van der Waals surface area contributed by atoms with Crippen LogP contribution in [0.1, 0.15) is 61.0 Å². The quantitative estimate of drug-likeness (QED) is 0.653. The maximum atomic E-state index is 13.8. The molecule has 6 nitrogen and oxygen atoms in total. The average molecular weight is 484 g/mol. The van der Waals surface area contributed by atoms with Crippen LogP contribution in [0.3, 0.4) is 0 Å². The summed E-state index contributed by atoms with van der Waals surface area (Å²) in [4.78, 5) is 15.4. The SMILES string of the molecule is Cc1cccc(CNC(=O)c2ccc(N3CCC(C)CC3)c(S(=O)(=O)N3CCC(C)CC3)c2)c1. The third-order valence-electron chi connectivity index (χ3n) is 7.24. The van der Waals surface area contributed by atoms with Gasteiger partial charge in [0.2, 0.25) is 10.0 Å². The molecule has 1 amide bonds. The van der Waals surface area contributed by atoms with Gasteiger partial charge >= 0.3 is 0 Å². The first-order chi connectivity index (χ1) is 16.2. The van der Waals surface area contributed by atoms with Gasteiger partial charge in [0, 0.05) is 38.3 Å². The zero-order chi connectivity index (χ0) is 24.3. The fraction of sp³-hybridized carbons (Fsp3) is 0.519. The van der Waals surface area contributed by atoms with Crippen molar-refractivity contribution in [2.24, 2.45) is 11.8 Å². The number of hydrogen-bond donors (Lipinski definition) is 1. The number of sulfonamides is 1. The van der Waals surface area contributed by atoms with Gasteiger partial charge in [-0.1, -0.05) is 43.7 Å². The largest absolute Gasteiger partial charge is 0.370 e. The summed E-state index contributed by atoms with van der Waals surface area (Å²) < 4.78 is 29.2. The van der Waals surface area contributed by atoms with E-state index in [9.17, 15) is 13.2 Å². The molecule has 4 rings (SSSR count). The van der Waals surface area contributed by atoms with Gasteiger partial charge in [-0.25, -0.2) is 8.42 Å². The number of aryl methyl sites for hydroxylation is 1. The topological polar surface area (TPSA) is 69.7 Å². The fourth-order valence-corrected chi connectivity index (χ4v) is 6.55. The van der Waals surface area contributed by atoms with Gasteiger partial charge in [-0.05, 0) is 68.2 Å². The van der Waals surface area contributed by atoms with Gasteiger partial charge < -0.3 is 10.2 Å². The standard InChI is InChI=1S/C27H37N3O3S/c1-20-9-13-29(14-10-20)25-8-7-24(27(31)28-19-23-6-4-5-22(3)17-23)18-26(25)34(32,33)30-15-11-21(2)12-16-30/h4-8,17-18,20-21H,9-16,19H2,1-3H3,(H,28,31). The lowest BCUT2D eigenvalue weighted by atomic mass is 9.98. The van der Waals surface area contributed by atoms with Crippen molar-refractivity contribution in [2.75, 3.05) is 31.1 Å². The molecule has 1 N–H and O–H groups in total. The minimum atomic E-state index is -3.70. The summed E-state index contributed by atoms with van der Waals surface area (Å²) in [6.45, 7) is 9.56. The molecule has 2 heterocycles. The summed E-state index contributed by atoms with van der Waals surface area (Å²) in [6, 6.07) is 13.2. The monoisotopic (exact) mass is 483 g/mol. The highest BCUT2D eigenvalue weighted by Gasteiger charge is 2.32. The molecular weight excluding hydrogens is 446 g/mol. The second kappa shape index (κ2) is 10.5. The van der Waals surface area contributed by atoms with Gasteiger partial charge in [0.25, 0.3) is 5.91 Å². The smallest absolute Gasteiger partial charge is 0.251 e. The maximum Gasteiger partial charge on any atom is 0.251 e. The van der Waals surface area contributed by atoms with Crippen LogP contribution in [0.2, 0.25) is 0 Å². The van der Waals surface area contributed by atoms with Crippen molar-refractivity contribution in [3.8, 4) is 0 Å². The van der Waals surface area contributed by atoms with E-state index >= 15 is 0 Å². The van der Waals surface area contributed by atoms with Crippen LogP contribution in [0, 0.1) is 18.8 Å². The lowest BCUT2D eigenvalue weighted by Gasteiger charge is -2.35. The predicted molar refractivity (Wildman–Crippen MR) is 137 cm³/mol. The highest BCUT2D eigenvalue weighted by Crippen LogP contribution is 2.33. The summed E-state index contributed by atoms with van der Waals surface area (Å²) in [5.74, 6) is 0.920. The minimum Gasteiger partial charge on any atom is -0.370 e. The molecule has 2 aliphatic heterocycles. The van der Waals surface area contributed by atoms with Crippen LogP contribution in [0.5, 0.6) is 0 Å². The molecular formula is C27H37N3O3S. The first-order valence-electron chi connectivity index (χ1n) is 12.5. The molecule has 0 unspecified atom stereocenters. The Morgan fingerprint density at radius 1 is 0.941 bits per heavy atom. The Balaban J connectivity index is 1.62. The first kappa shape index (κ1) is 24.7. The third kappa shape index (κ3) is 5.63. The van der Waals surface area contributed by atoms with E-state index in [-0.39, 0.29) is 10.8 Å². The molecule has 0 aromatic heterocycles. The summed E-state index contributed by atoms with van der Waals surface area (Å²) >= 11 is 0. The molecule has 184 valence electrons. The molecule has 34 heavy (non-hydrogen) atoms. The molecule has 2 aromatic carbocycles. The lowest BCUT2D eigenvalue weighted by Crippen LogP contribution is -2.40. The van der Waals surface area contributed by atoms with Gasteiger partial charge in [0.1, 0.15) is 4.90 Å². The second-order valence-corrected chi connectivity index (χ2v) is 12.0. The Labute approximate surface area is 204 Å². The fourth-order valence-electron chi connectivity index (χ4n) is 4.84. The number of anilines is 1. The number of rotatable bonds is 6. The van der Waals surface area contributed by atoms with Crippen molar-refractivity contribution < 1.29 is 13.2 Å². The van der Waals surface area contributed by atoms with Crippen LogP contribution in [0.15, 0.2) is 47.4 Å². The molecule has 0 aliphatic carbocycles.